The summed E-state index contributed by atoms with van der Waals surface area (Å²) in [5.41, 5.74) is 6.53. The number of nitrogens with two attached hydrogens (primary N) is 1. The maximum Gasteiger partial charge on any atom is 0.260 e. The van der Waals surface area contributed by atoms with Gasteiger partial charge in [0.25, 0.3) is 5.91 Å². The van der Waals surface area contributed by atoms with E-state index in [4.69, 9.17) is 10.5 Å². The van der Waals surface area contributed by atoms with E-state index in [0.29, 0.717) is 36.9 Å². The summed E-state index contributed by atoms with van der Waals surface area (Å²) < 4.78 is 16.6. The lowest BCUT2D eigenvalue weighted by Crippen LogP contribution is -2.43. The summed E-state index contributed by atoms with van der Waals surface area (Å²) >= 11 is 0. The average molecular weight is 282 g/mol. The maximum atomic E-state index is 11.9. The average Bonchev–Trinajstić information content (AvgIpc) is 2.46. The molecular weight excluding hydrogens is 264 g/mol. The van der Waals surface area contributed by atoms with Crippen LogP contribution in [0.2, 0.25) is 0 Å². The number of benzene rings is 1. The Labute approximate surface area is 115 Å². The molecule has 0 saturated carbocycles. The van der Waals surface area contributed by atoms with Crippen LogP contribution in [0.4, 0.5) is 0 Å². The van der Waals surface area contributed by atoms with Crippen LogP contribution in [0.15, 0.2) is 24.3 Å². The van der Waals surface area contributed by atoms with Gasteiger partial charge in [0.15, 0.2) is 6.61 Å². The Bertz CT molecular complexity index is 451. The molecule has 0 unspecified atom stereocenters. The highest BCUT2D eigenvalue weighted by molar-refractivity contribution is 7.85. The molecule has 1 heterocycles. The topological polar surface area (TPSA) is 72.6 Å². The molecule has 1 aliphatic rings. The summed E-state index contributed by atoms with van der Waals surface area (Å²) in [5, 5.41) is 0. The highest BCUT2D eigenvalue weighted by atomic mass is 32.2. The monoisotopic (exact) mass is 282 g/mol. The van der Waals surface area contributed by atoms with Crippen molar-refractivity contribution in [3.63, 3.8) is 0 Å². The first-order valence-corrected chi connectivity index (χ1v) is 7.72. The van der Waals surface area contributed by atoms with Crippen molar-refractivity contribution in [1.82, 2.24) is 4.90 Å². The number of rotatable bonds is 4. The van der Waals surface area contributed by atoms with Crippen LogP contribution < -0.4 is 10.5 Å². The van der Waals surface area contributed by atoms with E-state index in [9.17, 15) is 9.00 Å². The second-order valence-electron chi connectivity index (χ2n) is 4.37. The standard InChI is InChI=1S/C13H18N2O3S/c14-9-11-1-3-12(4-2-11)18-10-13(16)15-5-7-19(17)8-6-15/h1-4H,5-10,14H2. The van der Waals surface area contributed by atoms with Gasteiger partial charge in [0, 0.05) is 41.9 Å². The van der Waals surface area contributed by atoms with Crippen molar-refractivity contribution >= 4 is 16.7 Å². The number of amides is 1. The first-order valence-electron chi connectivity index (χ1n) is 6.23. The smallest absolute Gasteiger partial charge is 0.260 e. The fraction of sp³-hybridized carbons (Fsp3) is 0.462. The number of hydrogen-bond acceptors (Lipinski definition) is 4. The second-order valence-corrected chi connectivity index (χ2v) is 6.06. The second kappa shape index (κ2) is 6.68. The molecule has 6 heteroatoms. The molecule has 1 fully saturated rings. The molecule has 0 spiro atoms. The largest absolute Gasteiger partial charge is 0.484 e. The summed E-state index contributed by atoms with van der Waals surface area (Å²) in [6, 6.07) is 7.37. The van der Waals surface area contributed by atoms with Gasteiger partial charge in [-0.2, -0.15) is 0 Å². The minimum absolute atomic E-state index is 0.0224. The van der Waals surface area contributed by atoms with Crippen molar-refractivity contribution in [3.8, 4) is 5.75 Å². The number of ether oxygens (including phenoxy) is 1. The quantitative estimate of drug-likeness (QED) is 0.851. The molecule has 1 saturated heterocycles. The van der Waals surface area contributed by atoms with Crippen molar-refractivity contribution in [2.24, 2.45) is 5.73 Å². The molecule has 0 aliphatic carbocycles. The molecule has 0 aromatic heterocycles. The summed E-state index contributed by atoms with van der Waals surface area (Å²) in [4.78, 5) is 13.6. The molecule has 1 aromatic rings. The van der Waals surface area contributed by atoms with Gasteiger partial charge in [-0.1, -0.05) is 12.1 Å². The lowest BCUT2D eigenvalue weighted by molar-refractivity contribution is -0.133. The van der Waals surface area contributed by atoms with Gasteiger partial charge in [0.1, 0.15) is 5.75 Å². The third-order valence-electron chi connectivity index (χ3n) is 3.05. The molecule has 2 rings (SSSR count). The summed E-state index contributed by atoms with van der Waals surface area (Å²) in [7, 11) is -0.768. The third-order valence-corrected chi connectivity index (χ3v) is 4.33. The predicted molar refractivity (Wildman–Crippen MR) is 74.3 cm³/mol. The predicted octanol–water partition coefficient (Wildman–Crippen LogP) is 0.115. The minimum atomic E-state index is -0.768. The van der Waals surface area contributed by atoms with Gasteiger partial charge in [0.2, 0.25) is 0 Å². The number of hydrogen-bond donors (Lipinski definition) is 1. The zero-order valence-corrected chi connectivity index (χ0v) is 11.5. The molecular formula is C13H18N2O3S. The van der Waals surface area contributed by atoms with Crippen LogP contribution >= 0.6 is 0 Å². The fourth-order valence-electron chi connectivity index (χ4n) is 1.85. The number of nitrogens with zero attached hydrogens (tertiary/aromatic N) is 1. The highest BCUT2D eigenvalue weighted by Gasteiger charge is 2.20. The van der Waals surface area contributed by atoms with E-state index < -0.39 is 10.8 Å². The van der Waals surface area contributed by atoms with Gasteiger partial charge >= 0.3 is 0 Å². The van der Waals surface area contributed by atoms with Crippen molar-refractivity contribution in [2.45, 2.75) is 6.54 Å². The van der Waals surface area contributed by atoms with E-state index in [1.807, 2.05) is 12.1 Å². The van der Waals surface area contributed by atoms with Gasteiger partial charge in [-0.3, -0.25) is 9.00 Å². The molecule has 1 amide bonds. The SMILES string of the molecule is NCc1ccc(OCC(=O)N2CCS(=O)CC2)cc1. The third kappa shape index (κ3) is 4.04. The lowest BCUT2D eigenvalue weighted by Gasteiger charge is -2.26. The molecule has 1 aromatic carbocycles. The number of carbonyl (C=O) groups excluding carboxylic acids is 1. The van der Waals surface area contributed by atoms with Gasteiger partial charge in [-0.25, -0.2) is 0 Å². The van der Waals surface area contributed by atoms with Gasteiger partial charge in [-0.05, 0) is 17.7 Å². The highest BCUT2D eigenvalue weighted by Crippen LogP contribution is 2.12. The zero-order chi connectivity index (χ0) is 13.7. The molecule has 0 radical (unpaired) electrons. The fourth-order valence-corrected chi connectivity index (χ4v) is 2.90. The van der Waals surface area contributed by atoms with Crippen molar-refractivity contribution in [1.29, 1.82) is 0 Å². The first-order chi connectivity index (χ1) is 9.19. The zero-order valence-electron chi connectivity index (χ0n) is 10.7. The lowest BCUT2D eigenvalue weighted by atomic mass is 10.2. The van der Waals surface area contributed by atoms with Crippen LogP contribution in [-0.4, -0.2) is 46.2 Å². The summed E-state index contributed by atoms with van der Waals surface area (Å²) in [6.45, 7) is 1.63. The van der Waals surface area contributed by atoms with Crippen molar-refractivity contribution in [2.75, 3.05) is 31.2 Å². The molecule has 19 heavy (non-hydrogen) atoms. The molecule has 0 atom stereocenters. The Morgan fingerprint density at radius 1 is 1.26 bits per heavy atom. The van der Waals surface area contributed by atoms with Crippen LogP contribution in [0, 0.1) is 0 Å². The Balaban J connectivity index is 1.80. The van der Waals surface area contributed by atoms with E-state index in [1.54, 1.807) is 17.0 Å². The molecule has 1 aliphatic heterocycles. The van der Waals surface area contributed by atoms with E-state index >= 15 is 0 Å². The molecule has 0 bridgehead atoms. The Hall–Kier alpha value is -1.40. The molecule has 104 valence electrons. The van der Waals surface area contributed by atoms with Crippen LogP contribution in [0.1, 0.15) is 5.56 Å². The molecule has 5 nitrogen and oxygen atoms in total. The van der Waals surface area contributed by atoms with Crippen molar-refractivity contribution < 1.29 is 13.7 Å². The van der Waals surface area contributed by atoms with Gasteiger partial charge in [-0.15, -0.1) is 0 Å². The van der Waals surface area contributed by atoms with Crippen molar-refractivity contribution in [3.05, 3.63) is 29.8 Å². The van der Waals surface area contributed by atoms with E-state index in [-0.39, 0.29) is 12.5 Å². The van der Waals surface area contributed by atoms with Crippen LogP contribution in [0.25, 0.3) is 0 Å². The van der Waals surface area contributed by atoms with Crippen LogP contribution in [-0.2, 0) is 22.1 Å². The van der Waals surface area contributed by atoms with E-state index in [2.05, 4.69) is 0 Å². The summed E-state index contributed by atoms with van der Waals surface area (Å²) in [6.07, 6.45) is 0. The Kier molecular flexibility index (Phi) is 4.93. The minimum Gasteiger partial charge on any atom is -0.484 e. The van der Waals surface area contributed by atoms with Gasteiger partial charge < -0.3 is 15.4 Å². The van der Waals surface area contributed by atoms with E-state index in [0.717, 1.165) is 5.56 Å². The van der Waals surface area contributed by atoms with E-state index in [1.165, 1.54) is 0 Å². The number of carbonyl (C=O) groups is 1. The van der Waals surface area contributed by atoms with Crippen LogP contribution in [0.3, 0.4) is 0 Å². The Morgan fingerprint density at radius 2 is 1.89 bits per heavy atom. The maximum absolute atomic E-state index is 11.9. The van der Waals surface area contributed by atoms with Gasteiger partial charge in [0.05, 0.1) is 0 Å². The molecule has 2 N–H and O–H groups in total. The summed E-state index contributed by atoms with van der Waals surface area (Å²) in [5.74, 6) is 1.74. The van der Waals surface area contributed by atoms with Crippen LogP contribution in [0.5, 0.6) is 5.75 Å². The normalized spacial score (nSPS) is 16.4. The first kappa shape index (κ1) is 14.0. The Morgan fingerprint density at radius 3 is 2.47 bits per heavy atom.